The second-order valence-electron chi connectivity index (χ2n) is 5.75. The molecule has 0 unspecified atom stereocenters. The number of benzene rings is 1. The normalized spacial score (nSPS) is 11.0. The Morgan fingerprint density at radius 2 is 1.78 bits per heavy atom. The smallest absolute Gasteiger partial charge is 0.137 e. The highest BCUT2D eigenvalue weighted by Crippen LogP contribution is 2.26. The number of aromatic amines is 2. The molecule has 0 saturated carbocycles. The van der Waals surface area contributed by atoms with E-state index in [0.717, 1.165) is 33.5 Å². The maximum Gasteiger partial charge on any atom is 0.137 e. The molecule has 4 rings (SSSR count). The molecule has 0 spiro atoms. The van der Waals surface area contributed by atoms with Gasteiger partial charge in [-0.1, -0.05) is 12.1 Å². The molecule has 0 radical (unpaired) electrons. The molecule has 0 fully saturated rings. The third-order valence-corrected chi connectivity index (χ3v) is 3.97. The summed E-state index contributed by atoms with van der Waals surface area (Å²) in [7, 11) is 4.07. The zero-order valence-electron chi connectivity index (χ0n) is 13.0. The summed E-state index contributed by atoms with van der Waals surface area (Å²) in [4.78, 5) is 9.60. The van der Waals surface area contributed by atoms with Gasteiger partial charge in [-0.2, -0.15) is 5.10 Å². The fourth-order valence-corrected chi connectivity index (χ4v) is 2.64. The number of hydrogen-bond donors (Lipinski definition) is 2. The molecule has 114 valence electrons. The Balaban J connectivity index is 1.67. The van der Waals surface area contributed by atoms with Crippen molar-refractivity contribution >= 4 is 16.7 Å². The van der Waals surface area contributed by atoms with Crippen LogP contribution in [-0.2, 0) is 0 Å². The maximum absolute atomic E-state index is 4.43. The van der Waals surface area contributed by atoms with Crippen molar-refractivity contribution in [2.75, 3.05) is 19.0 Å². The molecule has 3 aromatic heterocycles. The van der Waals surface area contributed by atoms with Crippen molar-refractivity contribution < 1.29 is 0 Å². The molecule has 5 nitrogen and oxygen atoms in total. The van der Waals surface area contributed by atoms with Crippen molar-refractivity contribution in [1.82, 2.24) is 20.2 Å². The van der Waals surface area contributed by atoms with Crippen LogP contribution in [0.1, 0.15) is 0 Å². The lowest BCUT2D eigenvalue weighted by atomic mass is 10.1. The number of hydrogen-bond acceptors (Lipinski definition) is 3. The van der Waals surface area contributed by atoms with E-state index >= 15 is 0 Å². The number of nitrogens with zero attached hydrogens (tertiary/aromatic N) is 3. The lowest BCUT2D eigenvalue weighted by Gasteiger charge is -2.12. The van der Waals surface area contributed by atoms with E-state index in [1.807, 2.05) is 32.6 Å². The summed E-state index contributed by atoms with van der Waals surface area (Å²) < 4.78 is 0. The molecular formula is C18H17N5. The number of fused-ring (bicyclic) bond motifs is 1. The van der Waals surface area contributed by atoms with E-state index in [9.17, 15) is 0 Å². The molecule has 2 N–H and O–H groups in total. The van der Waals surface area contributed by atoms with Crippen LogP contribution in [-0.4, -0.2) is 34.3 Å². The molecule has 0 saturated heterocycles. The van der Waals surface area contributed by atoms with Crippen LogP contribution < -0.4 is 4.90 Å². The van der Waals surface area contributed by atoms with E-state index in [0.29, 0.717) is 0 Å². The van der Waals surface area contributed by atoms with Gasteiger partial charge in [0.1, 0.15) is 5.65 Å². The van der Waals surface area contributed by atoms with Gasteiger partial charge in [0.2, 0.25) is 0 Å². The topological polar surface area (TPSA) is 60.6 Å². The fraction of sp³-hybridized carbons (Fsp3) is 0.111. The molecule has 0 bridgehead atoms. The van der Waals surface area contributed by atoms with Crippen LogP contribution >= 0.6 is 0 Å². The van der Waals surface area contributed by atoms with Gasteiger partial charge >= 0.3 is 0 Å². The van der Waals surface area contributed by atoms with Crippen molar-refractivity contribution in [3.63, 3.8) is 0 Å². The minimum atomic E-state index is 0.892. The maximum atomic E-state index is 4.43. The van der Waals surface area contributed by atoms with Gasteiger partial charge in [0.15, 0.2) is 0 Å². The molecule has 23 heavy (non-hydrogen) atoms. The average Bonchev–Trinajstić information content (AvgIpc) is 3.23. The number of rotatable bonds is 3. The van der Waals surface area contributed by atoms with Crippen LogP contribution in [0.3, 0.4) is 0 Å². The lowest BCUT2D eigenvalue weighted by molar-refractivity contribution is 1.10. The number of pyridine rings is 1. The molecule has 0 aliphatic carbocycles. The molecule has 4 aromatic rings. The molecule has 0 atom stereocenters. The number of aromatic nitrogens is 4. The first-order valence-electron chi connectivity index (χ1n) is 7.47. The Bertz CT molecular complexity index is 947. The first-order valence-corrected chi connectivity index (χ1v) is 7.47. The summed E-state index contributed by atoms with van der Waals surface area (Å²) in [5.41, 5.74) is 6.08. The second-order valence-corrected chi connectivity index (χ2v) is 5.75. The standard InChI is InChI=1S/C18H17N5/c1-23(2)15-5-3-12(4-6-15)16-10-17(22-21-16)14-9-13-7-8-19-18(13)20-11-14/h3-11H,1-2H3,(H,19,20)(H,21,22). The average molecular weight is 303 g/mol. The fourth-order valence-electron chi connectivity index (χ4n) is 2.64. The highest BCUT2D eigenvalue weighted by atomic mass is 15.1. The van der Waals surface area contributed by atoms with E-state index in [1.165, 1.54) is 5.69 Å². The van der Waals surface area contributed by atoms with Crippen LogP contribution in [0.2, 0.25) is 0 Å². The summed E-state index contributed by atoms with van der Waals surface area (Å²) in [6.45, 7) is 0. The third kappa shape index (κ3) is 2.46. The van der Waals surface area contributed by atoms with Crippen LogP contribution in [0.5, 0.6) is 0 Å². The SMILES string of the molecule is CN(C)c1ccc(-c2cc(-c3cnc4[nH]ccc4c3)n[nH]2)cc1. The van der Waals surface area contributed by atoms with Crippen molar-refractivity contribution in [3.8, 4) is 22.5 Å². The highest BCUT2D eigenvalue weighted by Gasteiger charge is 2.08. The summed E-state index contributed by atoms with van der Waals surface area (Å²) in [6.07, 6.45) is 3.73. The summed E-state index contributed by atoms with van der Waals surface area (Å²) >= 11 is 0. The van der Waals surface area contributed by atoms with Gasteiger partial charge in [-0.25, -0.2) is 4.98 Å². The lowest BCUT2D eigenvalue weighted by Crippen LogP contribution is -2.07. The van der Waals surface area contributed by atoms with Crippen molar-refractivity contribution in [1.29, 1.82) is 0 Å². The Morgan fingerprint density at radius 1 is 0.957 bits per heavy atom. The van der Waals surface area contributed by atoms with Gasteiger partial charge < -0.3 is 9.88 Å². The second kappa shape index (κ2) is 5.28. The zero-order valence-corrected chi connectivity index (χ0v) is 13.0. The molecule has 5 heteroatoms. The van der Waals surface area contributed by atoms with E-state index in [2.05, 4.69) is 61.5 Å². The van der Waals surface area contributed by atoms with Crippen molar-refractivity contribution in [2.45, 2.75) is 0 Å². The van der Waals surface area contributed by atoms with Gasteiger partial charge in [0, 0.05) is 43.1 Å². The summed E-state index contributed by atoms with van der Waals surface area (Å²) in [6, 6.07) is 14.6. The van der Waals surface area contributed by atoms with E-state index < -0.39 is 0 Å². The number of anilines is 1. The first kappa shape index (κ1) is 13.6. The minimum absolute atomic E-state index is 0.892. The van der Waals surface area contributed by atoms with Gasteiger partial charge in [0.25, 0.3) is 0 Å². The van der Waals surface area contributed by atoms with E-state index in [-0.39, 0.29) is 0 Å². The monoisotopic (exact) mass is 303 g/mol. The molecule has 1 aromatic carbocycles. The Hall–Kier alpha value is -3.08. The molecular weight excluding hydrogens is 286 g/mol. The van der Waals surface area contributed by atoms with E-state index in [1.54, 1.807) is 0 Å². The van der Waals surface area contributed by atoms with Crippen molar-refractivity contribution in [3.05, 3.63) is 54.9 Å². The minimum Gasteiger partial charge on any atom is -0.378 e. The number of nitrogens with one attached hydrogen (secondary N) is 2. The van der Waals surface area contributed by atoms with E-state index in [4.69, 9.17) is 0 Å². The zero-order chi connectivity index (χ0) is 15.8. The summed E-state index contributed by atoms with van der Waals surface area (Å²) in [5.74, 6) is 0. The number of H-pyrrole nitrogens is 2. The predicted octanol–water partition coefficient (Wildman–Crippen LogP) is 3.69. The molecule has 3 heterocycles. The van der Waals surface area contributed by atoms with Gasteiger partial charge in [-0.05, 0) is 35.9 Å². The van der Waals surface area contributed by atoms with Crippen LogP contribution in [0.15, 0.2) is 54.9 Å². The van der Waals surface area contributed by atoms with Crippen molar-refractivity contribution in [2.24, 2.45) is 0 Å². The quantitative estimate of drug-likeness (QED) is 0.607. The molecule has 0 amide bonds. The van der Waals surface area contributed by atoms with Crippen LogP contribution in [0.25, 0.3) is 33.5 Å². The van der Waals surface area contributed by atoms with Gasteiger partial charge in [-0.15, -0.1) is 0 Å². The Labute approximate surface area is 134 Å². The Morgan fingerprint density at radius 3 is 2.57 bits per heavy atom. The molecule has 0 aliphatic rings. The first-order chi connectivity index (χ1) is 11.2. The summed E-state index contributed by atoms with van der Waals surface area (Å²) in [5, 5.41) is 8.62. The van der Waals surface area contributed by atoms with Crippen LogP contribution in [0.4, 0.5) is 5.69 Å². The predicted molar refractivity (Wildman–Crippen MR) is 93.4 cm³/mol. The molecule has 0 aliphatic heterocycles. The van der Waals surface area contributed by atoms with Gasteiger partial charge in [-0.3, -0.25) is 5.10 Å². The third-order valence-electron chi connectivity index (χ3n) is 3.97. The van der Waals surface area contributed by atoms with Crippen LogP contribution in [0, 0.1) is 0 Å². The highest BCUT2D eigenvalue weighted by molar-refractivity contribution is 5.81. The largest absolute Gasteiger partial charge is 0.378 e. The van der Waals surface area contributed by atoms with Gasteiger partial charge in [0.05, 0.1) is 11.4 Å². The Kier molecular flexibility index (Phi) is 3.12.